The van der Waals surface area contributed by atoms with Crippen molar-refractivity contribution in [3.63, 3.8) is 0 Å². The normalized spacial score (nSPS) is 11.1. The van der Waals surface area contributed by atoms with Crippen molar-refractivity contribution in [1.29, 1.82) is 0 Å². The first kappa shape index (κ1) is 13.7. The number of amides is 1. The maximum absolute atomic E-state index is 11.9. The Kier molecular flexibility index (Phi) is 4.72. The van der Waals surface area contributed by atoms with Crippen LogP contribution in [0.2, 0.25) is 0 Å². The van der Waals surface area contributed by atoms with Crippen LogP contribution in [0.1, 0.15) is 30.6 Å². The van der Waals surface area contributed by atoms with Crippen LogP contribution in [0.4, 0.5) is 0 Å². The quantitative estimate of drug-likeness (QED) is 0.605. The highest BCUT2D eigenvalue weighted by Crippen LogP contribution is 2.09. The van der Waals surface area contributed by atoms with Crippen molar-refractivity contribution in [2.75, 3.05) is 6.61 Å². The molecule has 0 aliphatic carbocycles. The van der Waals surface area contributed by atoms with Gasteiger partial charge in [-0.3, -0.25) is 4.79 Å². The van der Waals surface area contributed by atoms with Gasteiger partial charge in [-0.2, -0.15) is 0 Å². The molecular weight excluding hydrogens is 217 g/mol. The zero-order valence-electron chi connectivity index (χ0n) is 10.2. The Balaban J connectivity index is 2.69. The van der Waals surface area contributed by atoms with E-state index < -0.39 is 5.54 Å². The van der Waals surface area contributed by atoms with Gasteiger partial charge in [0.05, 0.1) is 0 Å². The molecule has 0 fully saturated rings. The van der Waals surface area contributed by atoms with Crippen molar-refractivity contribution in [1.82, 2.24) is 5.32 Å². The Morgan fingerprint density at radius 3 is 2.41 bits per heavy atom. The lowest BCUT2D eigenvalue weighted by atomic mass is 9.88. The molecule has 1 rings (SSSR count). The summed E-state index contributed by atoms with van der Waals surface area (Å²) in [6.07, 6.45) is 0.507. The van der Waals surface area contributed by atoms with Gasteiger partial charge in [0, 0.05) is 17.7 Å². The molecule has 0 atom stereocenters. The van der Waals surface area contributed by atoms with E-state index in [1.807, 2.05) is 13.8 Å². The molecule has 0 saturated carbocycles. The summed E-state index contributed by atoms with van der Waals surface area (Å²) < 4.78 is 0. The van der Waals surface area contributed by atoms with Crippen molar-refractivity contribution in [2.24, 2.45) is 0 Å². The molecule has 0 saturated heterocycles. The van der Waals surface area contributed by atoms with Crippen LogP contribution in [0, 0.1) is 0 Å². The van der Waals surface area contributed by atoms with Crippen molar-refractivity contribution in [3.05, 3.63) is 29.8 Å². The van der Waals surface area contributed by atoms with Gasteiger partial charge >= 0.3 is 7.48 Å². The molecule has 0 spiro atoms. The summed E-state index contributed by atoms with van der Waals surface area (Å²) in [6, 6.07) is 6.79. The van der Waals surface area contributed by atoms with E-state index in [2.05, 4.69) is 5.32 Å². The maximum Gasteiger partial charge on any atom is 0.304 e. The average molecular weight is 235 g/mol. The van der Waals surface area contributed by atoms with Gasteiger partial charge < -0.3 is 15.4 Å². The van der Waals surface area contributed by atoms with E-state index in [0.717, 1.165) is 5.46 Å². The molecule has 92 valence electrons. The van der Waals surface area contributed by atoms with Crippen molar-refractivity contribution < 1.29 is 14.9 Å². The Bertz CT molecular complexity index is 376. The molecule has 5 heteroatoms. The Morgan fingerprint density at radius 2 is 1.94 bits per heavy atom. The molecule has 3 N–H and O–H groups in total. The van der Waals surface area contributed by atoms with E-state index in [1.165, 1.54) is 0 Å². The van der Waals surface area contributed by atoms with Crippen LogP contribution < -0.4 is 10.8 Å². The zero-order valence-corrected chi connectivity index (χ0v) is 10.2. The van der Waals surface area contributed by atoms with Crippen LogP contribution in [-0.2, 0) is 0 Å². The molecule has 0 radical (unpaired) electrons. The molecular formula is C12H18BNO3. The summed E-state index contributed by atoms with van der Waals surface area (Å²) in [7, 11) is -0.0299. The van der Waals surface area contributed by atoms with Gasteiger partial charge in [0.2, 0.25) is 0 Å². The molecule has 17 heavy (non-hydrogen) atoms. The number of aliphatic hydroxyl groups excluding tert-OH is 1. The third kappa shape index (κ3) is 4.21. The number of nitrogens with one attached hydrogen (secondary N) is 1. The fourth-order valence-corrected chi connectivity index (χ4v) is 1.48. The number of hydrogen-bond donors (Lipinski definition) is 3. The van der Waals surface area contributed by atoms with Crippen LogP contribution in [-0.4, -0.2) is 35.7 Å². The first-order valence-electron chi connectivity index (χ1n) is 5.62. The van der Waals surface area contributed by atoms with E-state index >= 15 is 0 Å². The first-order chi connectivity index (χ1) is 7.98. The third-order valence-electron chi connectivity index (χ3n) is 2.59. The summed E-state index contributed by atoms with van der Waals surface area (Å²) >= 11 is 0. The lowest BCUT2D eigenvalue weighted by Gasteiger charge is -2.25. The van der Waals surface area contributed by atoms with Gasteiger partial charge in [-0.05, 0) is 32.4 Å². The van der Waals surface area contributed by atoms with Crippen LogP contribution in [0.15, 0.2) is 24.3 Å². The van der Waals surface area contributed by atoms with Gasteiger partial charge in [-0.25, -0.2) is 0 Å². The lowest BCUT2D eigenvalue weighted by molar-refractivity contribution is 0.0899. The van der Waals surface area contributed by atoms with E-state index in [9.17, 15) is 4.79 Å². The highest BCUT2D eigenvalue weighted by molar-refractivity contribution is 6.45. The number of benzene rings is 1. The Labute approximate surface area is 102 Å². The average Bonchev–Trinajstić information content (AvgIpc) is 2.28. The topological polar surface area (TPSA) is 69.6 Å². The highest BCUT2D eigenvalue weighted by Gasteiger charge is 2.20. The van der Waals surface area contributed by atoms with Gasteiger partial charge in [-0.1, -0.05) is 17.6 Å². The molecule has 0 aromatic heterocycles. The number of hydrogen-bond acceptors (Lipinski definition) is 3. The fraction of sp³-hybridized carbons (Fsp3) is 0.417. The van der Waals surface area contributed by atoms with Gasteiger partial charge in [0.25, 0.3) is 5.91 Å². The Morgan fingerprint density at radius 1 is 1.35 bits per heavy atom. The highest BCUT2D eigenvalue weighted by atomic mass is 16.3. The minimum Gasteiger partial charge on any atom is -0.449 e. The maximum atomic E-state index is 11.9. The molecule has 0 aliphatic heterocycles. The summed E-state index contributed by atoms with van der Waals surface area (Å²) in [6.45, 7) is 3.77. The molecule has 1 aromatic rings. The van der Waals surface area contributed by atoms with Crippen LogP contribution in [0.25, 0.3) is 0 Å². The molecule has 1 amide bonds. The minimum absolute atomic E-state index is 0.0299. The van der Waals surface area contributed by atoms with Crippen molar-refractivity contribution in [2.45, 2.75) is 25.8 Å². The standard InChI is InChI=1S/C12H18BNO3/c1-12(2,7-8-15)14-11(16)9-3-5-10(13-17)6-4-9/h3-6,13,15,17H,7-8H2,1-2H3,(H,14,16). The monoisotopic (exact) mass is 235 g/mol. The van der Waals surface area contributed by atoms with Gasteiger partial charge in [0.1, 0.15) is 0 Å². The zero-order chi connectivity index (χ0) is 12.9. The van der Waals surface area contributed by atoms with Crippen LogP contribution in [0.3, 0.4) is 0 Å². The second-order valence-electron chi connectivity index (χ2n) is 4.67. The number of carbonyl (C=O) groups excluding carboxylic acids is 1. The number of rotatable bonds is 5. The summed E-state index contributed by atoms with van der Waals surface area (Å²) in [5.41, 5.74) is 0.894. The van der Waals surface area contributed by atoms with Crippen LogP contribution in [0.5, 0.6) is 0 Å². The molecule has 0 heterocycles. The lowest BCUT2D eigenvalue weighted by Crippen LogP contribution is -2.44. The van der Waals surface area contributed by atoms with Crippen LogP contribution >= 0.6 is 0 Å². The number of aliphatic hydroxyl groups is 1. The molecule has 1 aromatic carbocycles. The van der Waals surface area contributed by atoms with Crippen molar-refractivity contribution in [3.8, 4) is 0 Å². The molecule has 0 unspecified atom stereocenters. The molecule has 0 bridgehead atoms. The van der Waals surface area contributed by atoms with Gasteiger partial charge in [0.15, 0.2) is 0 Å². The van der Waals surface area contributed by atoms with E-state index in [-0.39, 0.29) is 20.0 Å². The molecule has 4 nitrogen and oxygen atoms in total. The number of carbonyl (C=O) groups is 1. The first-order valence-corrected chi connectivity index (χ1v) is 5.62. The van der Waals surface area contributed by atoms with E-state index in [0.29, 0.717) is 12.0 Å². The van der Waals surface area contributed by atoms with E-state index in [4.69, 9.17) is 10.1 Å². The predicted molar refractivity (Wildman–Crippen MR) is 68.7 cm³/mol. The Hall–Kier alpha value is -1.33. The summed E-state index contributed by atoms with van der Waals surface area (Å²) in [5, 5.41) is 20.6. The van der Waals surface area contributed by atoms with E-state index in [1.54, 1.807) is 24.3 Å². The third-order valence-corrected chi connectivity index (χ3v) is 2.59. The smallest absolute Gasteiger partial charge is 0.304 e. The SMILES string of the molecule is CC(C)(CCO)NC(=O)c1ccc(BO)cc1. The van der Waals surface area contributed by atoms with Gasteiger partial charge in [-0.15, -0.1) is 0 Å². The summed E-state index contributed by atoms with van der Waals surface area (Å²) in [4.78, 5) is 11.9. The van der Waals surface area contributed by atoms with Crippen molar-refractivity contribution >= 4 is 18.9 Å². The predicted octanol–water partition coefficient (Wildman–Crippen LogP) is -0.454. The minimum atomic E-state index is -0.429. The second-order valence-corrected chi connectivity index (χ2v) is 4.67. The largest absolute Gasteiger partial charge is 0.449 e. The fourth-order valence-electron chi connectivity index (χ4n) is 1.48. The molecule has 0 aliphatic rings. The second kappa shape index (κ2) is 5.84. The summed E-state index contributed by atoms with van der Waals surface area (Å²) in [5.74, 6) is -0.173.